The minimum atomic E-state index is 0.232. The molecule has 0 saturated heterocycles. The maximum Gasteiger partial charge on any atom is 0.138 e. The summed E-state index contributed by atoms with van der Waals surface area (Å²) in [5.41, 5.74) is 3.63. The normalized spacial score (nSPS) is 11.2. The Morgan fingerprint density at radius 2 is 1.85 bits per heavy atom. The van der Waals surface area contributed by atoms with E-state index in [0.29, 0.717) is 0 Å². The fraction of sp³-hybridized carbons (Fsp3) is 0. The van der Waals surface area contributed by atoms with E-state index in [4.69, 9.17) is 0 Å². The van der Waals surface area contributed by atoms with Crippen molar-refractivity contribution in [3.05, 3.63) is 54.7 Å². The Kier molecular flexibility index (Phi) is 2.23. The van der Waals surface area contributed by atoms with E-state index in [1.165, 1.54) is 0 Å². The van der Waals surface area contributed by atoms with Gasteiger partial charge in [0.2, 0.25) is 0 Å². The summed E-state index contributed by atoms with van der Waals surface area (Å²) in [6, 6.07) is 15.1. The number of imidazole rings is 1. The minimum Gasteiger partial charge on any atom is -0.508 e. The van der Waals surface area contributed by atoms with E-state index in [1.807, 2.05) is 24.3 Å². The summed E-state index contributed by atoms with van der Waals surface area (Å²) in [5.74, 6) is 1.02. The summed E-state index contributed by atoms with van der Waals surface area (Å²) < 4.78 is 0. The lowest BCUT2D eigenvalue weighted by atomic mass is 10.1. The van der Waals surface area contributed by atoms with Crippen LogP contribution in [0.5, 0.6) is 5.75 Å². The van der Waals surface area contributed by atoms with Gasteiger partial charge in [-0.3, -0.25) is 4.98 Å². The van der Waals surface area contributed by atoms with Gasteiger partial charge in [-0.25, -0.2) is 4.98 Å². The second kappa shape index (κ2) is 4.06. The number of hydrogen-bond acceptors (Lipinski definition) is 3. The molecule has 4 rings (SSSR count). The van der Waals surface area contributed by atoms with Gasteiger partial charge in [-0.1, -0.05) is 6.07 Å². The number of phenols is 1. The Hall–Kier alpha value is -2.88. The molecule has 0 unspecified atom stereocenters. The van der Waals surface area contributed by atoms with E-state index in [1.54, 1.807) is 24.4 Å². The van der Waals surface area contributed by atoms with Crippen LogP contribution in [0.4, 0.5) is 0 Å². The van der Waals surface area contributed by atoms with Crippen LogP contribution in [0.3, 0.4) is 0 Å². The molecule has 2 N–H and O–H groups in total. The van der Waals surface area contributed by atoms with Crippen LogP contribution in [-0.4, -0.2) is 20.1 Å². The summed E-state index contributed by atoms with van der Waals surface area (Å²) in [4.78, 5) is 12.1. The van der Waals surface area contributed by atoms with Gasteiger partial charge in [0.25, 0.3) is 0 Å². The zero-order chi connectivity index (χ0) is 13.5. The molecular weight excluding hydrogens is 250 g/mol. The third kappa shape index (κ3) is 1.70. The van der Waals surface area contributed by atoms with Crippen LogP contribution in [-0.2, 0) is 0 Å². The number of fused-ring (bicyclic) bond motifs is 2. The predicted octanol–water partition coefficient (Wildman–Crippen LogP) is 3.48. The first kappa shape index (κ1) is 11.0. The first-order valence-corrected chi connectivity index (χ1v) is 6.33. The second-order valence-electron chi connectivity index (χ2n) is 4.70. The molecule has 0 bridgehead atoms. The Labute approximate surface area is 114 Å². The third-order valence-electron chi connectivity index (χ3n) is 3.34. The fourth-order valence-electron chi connectivity index (χ4n) is 2.36. The van der Waals surface area contributed by atoms with E-state index in [0.717, 1.165) is 33.3 Å². The molecule has 0 fully saturated rings. The molecule has 0 aliphatic carbocycles. The van der Waals surface area contributed by atoms with Crippen molar-refractivity contribution in [2.24, 2.45) is 0 Å². The highest BCUT2D eigenvalue weighted by Crippen LogP contribution is 2.25. The Morgan fingerprint density at radius 1 is 0.950 bits per heavy atom. The van der Waals surface area contributed by atoms with E-state index >= 15 is 0 Å². The number of benzene rings is 2. The van der Waals surface area contributed by atoms with Gasteiger partial charge in [0.1, 0.15) is 11.6 Å². The van der Waals surface area contributed by atoms with Crippen molar-refractivity contribution in [2.75, 3.05) is 0 Å². The van der Waals surface area contributed by atoms with Gasteiger partial charge in [0.05, 0.1) is 16.6 Å². The molecule has 0 aliphatic heterocycles. The summed E-state index contributed by atoms with van der Waals surface area (Å²) in [7, 11) is 0. The Bertz CT molecular complexity index is 927. The highest BCUT2D eigenvalue weighted by atomic mass is 16.3. The topological polar surface area (TPSA) is 61.8 Å². The van der Waals surface area contributed by atoms with Gasteiger partial charge < -0.3 is 10.1 Å². The van der Waals surface area contributed by atoms with Gasteiger partial charge in [-0.2, -0.15) is 0 Å². The van der Waals surface area contributed by atoms with Crippen LogP contribution in [0.25, 0.3) is 33.3 Å². The zero-order valence-electron chi connectivity index (χ0n) is 10.5. The van der Waals surface area contributed by atoms with Gasteiger partial charge in [0, 0.05) is 23.2 Å². The molecule has 2 heterocycles. The lowest BCUT2D eigenvalue weighted by Crippen LogP contribution is -1.82. The van der Waals surface area contributed by atoms with Crippen molar-refractivity contribution in [3.8, 4) is 17.1 Å². The first-order valence-electron chi connectivity index (χ1n) is 6.33. The number of hydrogen-bond donors (Lipinski definition) is 2. The summed E-state index contributed by atoms with van der Waals surface area (Å²) >= 11 is 0. The molecule has 0 amide bonds. The van der Waals surface area contributed by atoms with Crippen molar-refractivity contribution in [2.45, 2.75) is 0 Å². The van der Waals surface area contributed by atoms with Gasteiger partial charge >= 0.3 is 0 Å². The van der Waals surface area contributed by atoms with Crippen LogP contribution in [0.15, 0.2) is 54.7 Å². The fourth-order valence-corrected chi connectivity index (χ4v) is 2.36. The molecule has 2 aromatic carbocycles. The standard InChI is InChI=1S/C16H11N3O/c20-12-4-6-14-15(9-12)19-16(18-14)11-3-5-13-10(8-11)2-1-7-17-13/h1-9,20H,(H,18,19). The van der Waals surface area contributed by atoms with Gasteiger partial charge in [-0.05, 0) is 36.4 Å². The number of rotatable bonds is 1. The van der Waals surface area contributed by atoms with Gasteiger partial charge in [-0.15, -0.1) is 0 Å². The summed E-state index contributed by atoms with van der Waals surface area (Å²) in [6.07, 6.45) is 1.78. The number of phenolic OH excluding ortho intramolecular Hbond substituents is 1. The molecule has 4 aromatic rings. The van der Waals surface area contributed by atoms with E-state index in [9.17, 15) is 5.11 Å². The number of aromatic nitrogens is 3. The molecule has 96 valence electrons. The van der Waals surface area contributed by atoms with Gasteiger partial charge in [0.15, 0.2) is 0 Å². The van der Waals surface area contributed by atoms with E-state index in [-0.39, 0.29) is 5.75 Å². The molecule has 4 heteroatoms. The Morgan fingerprint density at radius 3 is 2.80 bits per heavy atom. The maximum atomic E-state index is 9.50. The highest BCUT2D eigenvalue weighted by molar-refractivity contribution is 5.85. The van der Waals surface area contributed by atoms with Crippen molar-refractivity contribution in [3.63, 3.8) is 0 Å². The molecule has 0 aliphatic rings. The maximum absolute atomic E-state index is 9.50. The molecule has 2 aromatic heterocycles. The molecule has 0 radical (unpaired) electrons. The molecule has 20 heavy (non-hydrogen) atoms. The quantitative estimate of drug-likeness (QED) is 0.551. The Balaban J connectivity index is 1.91. The number of nitrogens with one attached hydrogen (secondary N) is 1. The van der Waals surface area contributed by atoms with E-state index in [2.05, 4.69) is 21.0 Å². The van der Waals surface area contributed by atoms with Crippen LogP contribution >= 0.6 is 0 Å². The van der Waals surface area contributed by atoms with Crippen LogP contribution in [0.1, 0.15) is 0 Å². The van der Waals surface area contributed by atoms with Crippen molar-refractivity contribution < 1.29 is 5.11 Å². The SMILES string of the molecule is Oc1ccc2nc(-c3ccc4ncccc4c3)[nH]c2c1. The lowest BCUT2D eigenvalue weighted by Gasteiger charge is -1.99. The number of nitrogens with zero attached hydrogens (tertiary/aromatic N) is 2. The number of aromatic hydroxyl groups is 1. The smallest absolute Gasteiger partial charge is 0.138 e. The second-order valence-corrected chi connectivity index (χ2v) is 4.70. The zero-order valence-corrected chi connectivity index (χ0v) is 10.5. The summed E-state index contributed by atoms with van der Waals surface area (Å²) in [5, 5.41) is 10.6. The van der Waals surface area contributed by atoms with Crippen LogP contribution < -0.4 is 0 Å². The summed E-state index contributed by atoms with van der Waals surface area (Å²) in [6.45, 7) is 0. The number of aromatic amines is 1. The molecule has 0 atom stereocenters. The molecule has 4 nitrogen and oxygen atoms in total. The number of pyridine rings is 1. The molecular formula is C16H11N3O. The average molecular weight is 261 g/mol. The van der Waals surface area contributed by atoms with Crippen LogP contribution in [0.2, 0.25) is 0 Å². The monoisotopic (exact) mass is 261 g/mol. The highest BCUT2D eigenvalue weighted by Gasteiger charge is 2.06. The lowest BCUT2D eigenvalue weighted by molar-refractivity contribution is 0.476. The molecule has 0 saturated carbocycles. The average Bonchev–Trinajstić information content (AvgIpc) is 2.89. The minimum absolute atomic E-state index is 0.232. The third-order valence-corrected chi connectivity index (χ3v) is 3.34. The molecule has 0 spiro atoms. The largest absolute Gasteiger partial charge is 0.508 e. The number of H-pyrrole nitrogens is 1. The van der Waals surface area contributed by atoms with Crippen molar-refractivity contribution >= 4 is 21.9 Å². The van der Waals surface area contributed by atoms with Crippen molar-refractivity contribution in [1.29, 1.82) is 0 Å². The van der Waals surface area contributed by atoms with Crippen molar-refractivity contribution in [1.82, 2.24) is 15.0 Å². The predicted molar refractivity (Wildman–Crippen MR) is 78.5 cm³/mol. The first-order chi connectivity index (χ1) is 9.79. The van der Waals surface area contributed by atoms with E-state index < -0.39 is 0 Å². The van der Waals surface area contributed by atoms with Crippen LogP contribution in [0, 0.1) is 0 Å².